The van der Waals surface area contributed by atoms with Crippen LogP contribution in [-0.2, 0) is 21.1 Å². The zero-order valence-electron chi connectivity index (χ0n) is 13.3. The Bertz CT molecular complexity index is 583. The molecule has 1 aromatic heterocycles. The Kier molecular flexibility index (Phi) is 8.37. The monoisotopic (exact) mass is 342 g/mol. The molecule has 0 aromatic carbocycles. The number of esters is 1. The van der Waals surface area contributed by atoms with E-state index < -0.39 is 16.4 Å². The molecule has 9 nitrogen and oxygen atoms in total. The van der Waals surface area contributed by atoms with E-state index in [0.29, 0.717) is 5.56 Å². The van der Waals surface area contributed by atoms with E-state index in [9.17, 15) is 19.7 Å². The van der Waals surface area contributed by atoms with E-state index in [1.54, 1.807) is 43.7 Å². The number of nitrogens with one attached hydrogen (secondary N) is 1. The highest BCUT2D eigenvalue weighted by Crippen LogP contribution is 2.14. The van der Waals surface area contributed by atoms with E-state index in [0.717, 1.165) is 0 Å². The number of ether oxygens (including phenoxy) is 1. The Labute approximate surface area is 140 Å². The smallest absolute Gasteiger partial charge is 0.316 e. The van der Waals surface area contributed by atoms with Crippen molar-refractivity contribution >= 4 is 11.9 Å². The first kappa shape index (κ1) is 21.3. The average Bonchev–Trinajstić information content (AvgIpc) is 2.48. The van der Waals surface area contributed by atoms with Gasteiger partial charge in [-0.05, 0) is 26.8 Å². The van der Waals surface area contributed by atoms with Crippen LogP contribution >= 0.6 is 0 Å². The molecular formula is C15H24N3O6+. The Morgan fingerprint density at radius 2 is 2.04 bits per heavy atom. The first-order valence-corrected chi connectivity index (χ1v) is 6.92. The fourth-order valence-electron chi connectivity index (χ4n) is 1.47. The van der Waals surface area contributed by atoms with Crippen molar-refractivity contribution in [2.45, 2.75) is 34.9 Å². The third-order valence-electron chi connectivity index (χ3n) is 2.66. The molecule has 0 aliphatic heterocycles. The number of hydrogen-bond donors (Lipinski definition) is 1. The molecule has 1 heterocycles. The van der Waals surface area contributed by atoms with Gasteiger partial charge in [-0.1, -0.05) is 7.43 Å². The van der Waals surface area contributed by atoms with Gasteiger partial charge in [-0.15, -0.1) is 10.1 Å². The van der Waals surface area contributed by atoms with Crippen molar-refractivity contribution in [2.75, 3.05) is 13.2 Å². The van der Waals surface area contributed by atoms with Gasteiger partial charge in [-0.3, -0.25) is 9.59 Å². The summed E-state index contributed by atoms with van der Waals surface area (Å²) in [5.74, 6) is -0.759. The number of hydrogen-bond acceptors (Lipinski definition) is 6. The summed E-state index contributed by atoms with van der Waals surface area (Å²) < 4.78 is 6.70. The minimum atomic E-state index is -0.924. The Balaban J connectivity index is 0.00000529. The van der Waals surface area contributed by atoms with Crippen molar-refractivity contribution in [1.29, 1.82) is 0 Å². The van der Waals surface area contributed by atoms with Crippen molar-refractivity contribution in [2.24, 2.45) is 5.41 Å². The van der Waals surface area contributed by atoms with Gasteiger partial charge in [-0.2, -0.15) is 4.57 Å². The molecule has 1 rings (SSSR count). The first-order valence-electron chi connectivity index (χ1n) is 6.92. The number of rotatable bonds is 7. The predicted octanol–water partition coefficient (Wildman–Crippen LogP) is 1.10. The van der Waals surface area contributed by atoms with Gasteiger partial charge in [0.15, 0.2) is 12.4 Å². The lowest BCUT2D eigenvalue weighted by Gasteiger charge is -2.14. The van der Waals surface area contributed by atoms with E-state index in [4.69, 9.17) is 4.74 Å². The number of amides is 1. The zero-order valence-corrected chi connectivity index (χ0v) is 13.3. The topological polar surface area (TPSA) is 112 Å². The van der Waals surface area contributed by atoms with Crippen molar-refractivity contribution in [3.8, 4) is 0 Å². The van der Waals surface area contributed by atoms with Gasteiger partial charge in [0.1, 0.15) is 12.2 Å². The Hall–Kier alpha value is -2.71. The van der Waals surface area contributed by atoms with Crippen LogP contribution in [0.3, 0.4) is 0 Å². The van der Waals surface area contributed by atoms with Crippen LogP contribution in [0.1, 0.15) is 38.6 Å². The fraction of sp³-hybridized carbons (Fsp3) is 0.533. The van der Waals surface area contributed by atoms with Gasteiger partial charge >= 0.3 is 5.97 Å². The molecule has 1 amide bonds. The molecule has 0 aliphatic carbocycles. The fourth-order valence-corrected chi connectivity index (χ4v) is 1.47. The van der Waals surface area contributed by atoms with E-state index >= 15 is 0 Å². The van der Waals surface area contributed by atoms with E-state index in [1.165, 1.54) is 6.20 Å². The number of carbonyl (C=O) groups is 2. The molecule has 0 spiro atoms. The van der Waals surface area contributed by atoms with Crippen molar-refractivity contribution in [1.82, 2.24) is 5.32 Å². The molecule has 134 valence electrons. The van der Waals surface area contributed by atoms with Crippen LogP contribution in [0.15, 0.2) is 24.5 Å². The minimum Gasteiger partial charge on any atom is -0.404 e. The van der Waals surface area contributed by atoms with E-state index in [2.05, 4.69) is 10.2 Å². The summed E-state index contributed by atoms with van der Waals surface area (Å²) in [5, 5.41) is 11.5. The van der Waals surface area contributed by atoms with Crippen molar-refractivity contribution in [3.05, 3.63) is 40.2 Å². The lowest BCUT2D eigenvalue weighted by molar-refractivity contribution is -0.757. The SMILES string of the molecule is C.CC(C)(C)C(=O)OC[n+]1cccc(C(=O)NCCO[N+](=O)[O-])c1. The summed E-state index contributed by atoms with van der Waals surface area (Å²) in [4.78, 5) is 37.7. The molecule has 1 aromatic rings. The number of aromatic nitrogens is 1. The summed E-state index contributed by atoms with van der Waals surface area (Å²) in [6.07, 6.45) is 3.17. The molecule has 0 unspecified atom stereocenters. The van der Waals surface area contributed by atoms with Crippen LogP contribution in [0.5, 0.6) is 0 Å². The second kappa shape index (κ2) is 9.43. The van der Waals surface area contributed by atoms with Crippen LogP contribution in [0.4, 0.5) is 0 Å². The summed E-state index contributed by atoms with van der Waals surface area (Å²) in [6.45, 7) is 5.01. The minimum absolute atomic E-state index is 0. The lowest BCUT2D eigenvalue weighted by Crippen LogP contribution is -2.39. The highest BCUT2D eigenvalue weighted by Gasteiger charge is 2.24. The molecule has 9 heteroatoms. The second-order valence-electron chi connectivity index (χ2n) is 5.73. The molecule has 0 bridgehead atoms. The Morgan fingerprint density at radius 3 is 2.62 bits per heavy atom. The molecule has 0 fully saturated rings. The normalized spacial score (nSPS) is 10.3. The highest BCUT2D eigenvalue weighted by atomic mass is 16.9. The molecule has 0 atom stereocenters. The van der Waals surface area contributed by atoms with Crippen LogP contribution in [0.2, 0.25) is 0 Å². The lowest BCUT2D eigenvalue weighted by atomic mass is 9.98. The molecule has 24 heavy (non-hydrogen) atoms. The summed E-state index contributed by atoms with van der Waals surface area (Å²) in [5.41, 5.74) is -0.271. The third kappa shape index (κ3) is 7.52. The summed E-state index contributed by atoms with van der Waals surface area (Å²) in [7, 11) is 0. The highest BCUT2D eigenvalue weighted by molar-refractivity contribution is 5.93. The van der Waals surface area contributed by atoms with Gasteiger partial charge in [-0.25, -0.2) is 0 Å². The number of nitrogens with zero attached hydrogens (tertiary/aromatic N) is 2. The molecule has 0 aliphatic rings. The molecule has 0 saturated carbocycles. The summed E-state index contributed by atoms with van der Waals surface area (Å²) in [6, 6.07) is 3.21. The maximum absolute atomic E-state index is 11.9. The average molecular weight is 342 g/mol. The number of carbonyl (C=O) groups excluding carboxylic acids is 2. The van der Waals surface area contributed by atoms with Crippen LogP contribution < -0.4 is 9.88 Å². The molecule has 0 saturated heterocycles. The molecule has 1 N–H and O–H groups in total. The quantitative estimate of drug-likeness (QED) is 0.261. The third-order valence-corrected chi connectivity index (χ3v) is 2.66. The van der Waals surface area contributed by atoms with Crippen LogP contribution in [0.25, 0.3) is 0 Å². The zero-order chi connectivity index (χ0) is 17.5. The van der Waals surface area contributed by atoms with Crippen molar-refractivity contribution < 1.29 is 28.8 Å². The van der Waals surface area contributed by atoms with E-state index in [1.807, 2.05) is 0 Å². The maximum Gasteiger partial charge on any atom is 0.316 e. The largest absolute Gasteiger partial charge is 0.404 e. The first-order chi connectivity index (χ1) is 10.7. The maximum atomic E-state index is 11.9. The van der Waals surface area contributed by atoms with Crippen molar-refractivity contribution in [3.63, 3.8) is 0 Å². The van der Waals surface area contributed by atoms with E-state index in [-0.39, 0.29) is 33.3 Å². The Morgan fingerprint density at radius 1 is 1.38 bits per heavy atom. The number of pyridine rings is 1. The van der Waals surface area contributed by atoms with Gasteiger partial charge in [0, 0.05) is 12.6 Å². The molecule has 0 radical (unpaired) electrons. The van der Waals surface area contributed by atoms with Gasteiger partial charge in [0.2, 0.25) is 0 Å². The standard InChI is InChI=1S/C14H19N3O6.CH4/c1-14(2,3)13(19)22-10-16-7-4-5-11(9-16)12(18)15-6-8-23-17(20)21;/h4-5,7,9H,6,8,10H2,1-3H3;1H4/p+1. The van der Waals surface area contributed by atoms with Crippen LogP contribution in [0, 0.1) is 15.5 Å². The second-order valence-corrected chi connectivity index (χ2v) is 5.73. The molecular weight excluding hydrogens is 318 g/mol. The van der Waals surface area contributed by atoms with Gasteiger partial charge in [0.05, 0.1) is 5.41 Å². The van der Waals surface area contributed by atoms with Crippen LogP contribution in [-0.4, -0.2) is 30.1 Å². The van der Waals surface area contributed by atoms with Gasteiger partial charge < -0.3 is 14.9 Å². The van der Waals surface area contributed by atoms with Gasteiger partial charge in [0.25, 0.3) is 17.7 Å². The predicted molar refractivity (Wildman–Crippen MR) is 84.2 cm³/mol. The summed E-state index contributed by atoms with van der Waals surface area (Å²) >= 11 is 0.